The fraction of sp³-hybridized carbons (Fsp3) is 0. The molecule has 2 aromatic rings. The molecule has 6 heteroatoms. The fourth-order valence-electron chi connectivity index (χ4n) is 1.52. The first-order chi connectivity index (χ1) is 9.58. The van der Waals surface area contributed by atoms with Gasteiger partial charge in [-0.1, -0.05) is 24.3 Å². The molecule has 102 valence electrons. The molecular weight excluding hydrogens is 260 g/mol. The second-order valence-electron chi connectivity index (χ2n) is 3.94. The van der Waals surface area contributed by atoms with Gasteiger partial charge in [0.1, 0.15) is 11.5 Å². The molecule has 0 aromatic heterocycles. The van der Waals surface area contributed by atoms with E-state index in [-0.39, 0.29) is 22.9 Å². The highest BCUT2D eigenvalue weighted by molar-refractivity contribution is 6.43. The van der Waals surface area contributed by atoms with Gasteiger partial charge in [-0.2, -0.15) is 0 Å². The summed E-state index contributed by atoms with van der Waals surface area (Å²) in [4.78, 5) is 23.3. The lowest BCUT2D eigenvalue weighted by atomic mass is 10.2. The van der Waals surface area contributed by atoms with Crippen LogP contribution in [0.5, 0.6) is 11.5 Å². The monoisotopic (exact) mass is 272 g/mol. The Morgan fingerprint density at radius 3 is 1.40 bits per heavy atom. The van der Waals surface area contributed by atoms with E-state index in [0.29, 0.717) is 0 Å². The summed E-state index contributed by atoms with van der Waals surface area (Å²) in [5.41, 5.74) is 0.259. The van der Waals surface area contributed by atoms with Gasteiger partial charge in [-0.25, -0.2) is 0 Å². The molecule has 0 saturated heterocycles. The molecule has 0 fully saturated rings. The summed E-state index contributed by atoms with van der Waals surface area (Å²) in [7, 11) is 0. The highest BCUT2D eigenvalue weighted by Crippen LogP contribution is 2.23. The molecule has 0 atom stereocenters. The Labute approximate surface area is 114 Å². The summed E-state index contributed by atoms with van der Waals surface area (Å²) < 4.78 is 0. The van der Waals surface area contributed by atoms with Gasteiger partial charge in [0.25, 0.3) is 0 Å². The predicted octanol–water partition coefficient (Wildman–Crippen LogP) is 1.67. The van der Waals surface area contributed by atoms with Crippen LogP contribution in [0.1, 0.15) is 0 Å². The van der Waals surface area contributed by atoms with E-state index < -0.39 is 11.8 Å². The van der Waals surface area contributed by atoms with Crippen molar-refractivity contribution >= 4 is 23.2 Å². The summed E-state index contributed by atoms with van der Waals surface area (Å²) in [6.45, 7) is 0. The van der Waals surface area contributed by atoms with Gasteiger partial charge in [0.15, 0.2) is 0 Å². The number of nitrogens with one attached hydrogen (secondary N) is 2. The van der Waals surface area contributed by atoms with Gasteiger partial charge in [-0.15, -0.1) is 0 Å². The van der Waals surface area contributed by atoms with Crippen LogP contribution in [0.3, 0.4) is 0 Å². The molecule has 0 heterocycles. The number of hydrogen-bond acceptors (Lipinski definition) is 4. The third-order valence-corrected chi connectivity index (χ3v) is 2.51. The van der Waals surface area contributed by atoms with Crippen LogP contribution in [-0.2, 0) is 9.59 Å². The summed E-state index contributed by atoms with van der Waals surface area (Å²) in [5.74, 6) is -2.18. The first kappa shape index (κ1) is 13.4. The summed E-state index contributed by atoms with van der Waals surface area (Å²) in [6.07, 6.45) is 0. The minimum Gasteiger partial charge on any atom is -0.506 e. The highest BCUT2D eigenvalue weighted by atomic mass is 16.3. The second kappa shape index (κ2) is 5.75. The molecule has 0 aliphatic rings. The van der Waals surface area contributed by atoms with Gasteiger partial charge in [-0.3, -0.25) is 9.59 Å². The molecule has 20 heavy (non-hydrogen) atoms. The molecular formula is C14H12N2O4. The van der Waals surface area contributed by atoms with Crippen LogP contribution in [0.25, 0.3) is 0 Å². The summed E-state index contributed by atoms with van der Waals surface area (Å²) in [6, 6.07) is 12.1. The zero-order valence-corrected chi connectivity index (χ0v) is 10.3. The summed E-state index contributed by atoms with van der Waals surface area (Å²) >= 11 is 0. The molecule has 0 spiro atoms. The number of carbonyl (C=O) groups is 2. The number of phenolic OH excluding ortho intramolecular Hbond substituents is 2. The lowest BCUT2D eigenvalue weighted by Crippen LogP contribution is -2.29. The van der Waals surface area contributed by atoms with Crippen molar-refractivity contribution in [2.75, 3.05) is 10.6 Å². The molecule has 0 unspecified atom stereocenters. The van der Waals surface area contributed by atoms with E-state index in [9.17, 15) is 19.8 Å². The lowest BCUT2D eigenvalue weighted by Gasteiger charge is -2.08. The van der Waals surface area contributed by atoms with Crippen molar-refractivity contribution in [1.82, 2.24) is 0 Å². The molecule has 2 aromatic carbocycles. The zero-order chi connectivity index (χ0) is 14.5. The Balaban J connectivity index is 2.05. The number of benzene rings is 2. The number of aromatic hydroxyl groups is 2. The van der Waals surface area contributed by atoms with Crippen LogP contribution in [0.4, 0.5) is 11.4 Å². The second-order valence-corrected chi connectivity index (χ2v) is 3.94. The van der Waals surface area contributed by atoms with Gasteiger partial charge < -0.3 is 20.8 Å². The first-order valence-corrected chi connectivity index (χ1v) is 5.76. The van der Waals surface area contributed by atoms with Crippen LogP contribution < -0.4 is 10.6 Å². The number of carbonyl (C=O) groups excluding carboxylic acids is 2. The van der Waals surface area contributed by atoms with Crippen LogP contribution in [0.15, 0.2) is 48.5 Å². The van der Waals surface area contributed by atoms with Crippen molar-refractivity contribution in [1.29, 1.82) is 0 Å². The smallest absolute Gasteiger partial charge is 0.314 e. The normalized spacial score (nSPS) is 9.80. The SMILES string of the molecule is O=C(Nc1ccccc1O)C(=O)Nc1ccccc1O. The topological polar surface area (TPSA) is 98.7 Å². The average molecular weight is 272 g/mol. The van der Waals surface area contributed by atoms with Crippen LogP contribution in [-0.4, -0.2) is 22.0 Å². The van der Waals surface area contributed by atoms with Crippen molar-refractivity contribution in [3.05, 3.63) is 48.5 Å². The molecule has 0 saturated carbocycles. The van der Waals surface area contributed by atoms with Crippen LogP contribution in [0.2, 0.25) is 0 Å². The van der Waals surface area contributed by atoms with E-state index in [4.69, 9.17) is 0 Å². The van der Waals surface area contributed by atoms with E-state index in [1.165, 1.54) is 24.3 Å². The van der Waals surface area contributed by atoms with Gasteiger partial charge in [-0.05, 0) is 24.3 Å². The standard InChI is InChI=1S/C14H12N2O4/c17-11-7-3-1-5-9(11)15-13(19)14(20)16-10-6-2-4-8-12(10)18/h1-8,17-18H,(H,15,19)(H,16,20). The van der Waals surface area contributed by atoms with E-state index in [1.807, 2.05) is 0 Å². The maximum atomic E-state index is 11.7. The Kier molecular flexibility index (Phi) is 3.85. The minimum atomic E-state index is -0.949. The van der Waals surface area contributed by atoms with Crippen LogP contribution >= 0.6 is 0 Å². The number of hydrogen-bond donors (Lipinski definition) is 4. The Hall–Kier alpha value is -3.02. The largest absolute Gasteiger partial charge is 0.506 e. The number of anilines is 2. The molecule has 2 amide bonds. The van der Waals surface area contributed by atoms with Gasteiger partial charge in [0.05, 0.1) is 11.4 Å². The Bertz CT molecular complexity index is 598. The molecule has 0 aliphatic heterocycles. The number of rotatable bonds is 2. The molecule has 2 rings (SSSR count). The lowest BCUT2D eigenvalue weighted by molar-refractivity contribution is -0.133. The molecule has 0 radical (unpaired) electrons. The van der Waals surface area contributed by atoms with E-state index in [2.05, 4.69) is 10.6 Å². The average Bonchev–Trinajstić information content (AvgIpc) is 2.43. The van der Waals surface area contributed by atoms with Gasteiger partial charge in [0.2, 0.25) is 0 Å². The molecule has 6 nitrogen and oxygen atoms in total. The van der Waals surface area contributed by atoms with Crippen molar-refractivity contribution in [3.63, 3.8) is 0 Å². The molecule has 4 N–H and O–H groups in total. The van der Waals surface area contributed by atoms with Crippen LogP contribution in [0, 0.1) is 0 Å². The minimum absolute atomic E-state index is 0.130. The maximum Gasteiger partial charge on any atom is 0.314 e. The molecule has 0 bridgehead atoms. The van der Waals surface area contributed by atoms with Crippen molar-refractivity contribution in [3.8, 4) is 11.5 Å². The first-order valence-electron chi connectivity index (χ1n) is 5.76. The number of phenols is 2. The van der Waals surface area contributed by atoms with E-state index in [0.717, 1.165) is 0 Å². The van der Waals surface area contributed by atoms with Gasteiger partial charge >= 0.3 is 11.8 Å². The van der Waals surface area contributed by atoms with Crippen molar-refractivity contribution in [2.45, 2.75) is 0 Å². The quantitative estimate of drug-likeness (QED) is 0.493. The van der Waals surface area contributed by atoms with Gasteiger partial charge in [0, 0.05) is 0 Å². The Morgan fingerprint density at radius 2 is 1.05 bits per heavy atom. The molecule has 0 aliphatic carbocycles. The number of amides is 2. The third-order valence-electron chi connectivity index (χ3n) is 2.51. The maximum absolute atomic E-state index is 11.7. The third kappa shape index (κ3) is 3.05. The zero-order valence-electron chi connectivity index (χ0n) is 10.3. The van der Waals surface area contributed by atoms with Crippen molar-refractivity contribution in [2.24, 2.45) is 0 Å². The van der Waals surface area contributed by atoms with E-state index in [1.54, 1.807) is 24.3 Å². The highest BCUT2D eigenvalue weighted by Gasteiger charge is 2.16. The van der Waals surface area contributed by atoms with E-state index >= 15 is 0 Å². The Morgan fingerprint density at radius 1 is 0.700 bits per heavy atom. The number of para-hydroxylation sites is 4. The van der Waals surface area contributed by atoms with Crippen molar-refractivity contribution < 1.29 is 19.8 Å². The predicted molar refractivity (Wildman–Crippen MR) is 73.5 cm³/mol. The summed E-state index contributed by atoms with van der Waals surface area (Å²) in [5, 5.41) is 23.5. The fourth-order valence-corrected chi connectivity index (χ4v) is 1.52.